The Balaban J connectivity index is 2.23. The van der Waals surface area contributed by atoms with Crippen molar-refractivity contribution in [1.82, 2.24) is 10.1 Å². The van der Waals surface area contributed by atoms with E-state index in [1.165, 1.54) is 13.0 Å². The lowest BCUT2D eigenvalue weighted by Gasteiger charge is -2.06. The monoisotopic (exact) mass is 266 g/mol. The van der Waals surface area contributed by atoms with Gasteiger partial charge in [-0.2, -0.15) is 4.98 Å². The number of halogens is 1. The SMILES string of the molecule is Cc1nc(CNc2cc(C)c(F)cc2[N+](=O)[O-])no1. The van der Waals surface area contributed by atoms with Crippen LogP contribution < -0.4 is 5.32 Å². The molecule has 2 aromatic rings. The summed E-state index contributed by atoms with van der Waals surface area (Å²) in [4.78, 5) is 14.2. The van der Waals surface area contributed by atoms with Gasteiger partial charge in [0.25, 0.3) is 5.69 Å². The summed E-state index contributed by atoms with van der Waals surface area (Å²) in [6, 6.07) is 2.26. The molecule has 0 fully saturated rings. The van der Waals surface area contributed by atoms with Crippen molar-refractivity contribution in [2.45, 2.75) is 20.4 Å². The van der Waals surface area contributed by atoms with Crippen molar-refractivity contribution in [3.8, 4) is 0 Å². The maximum Gasteiger partial charge on any atom is 0.295 e. The first-order valence-electron chi connectivity index (χ1n) is 5.45. The molecule has 19 heavy (non-hydrogen) atoms. The van der Waals surface area contributed by atoms with E-state index < -0.39 is 10.7 Å². The fourth-order valence-corrected chi connectivity index (χ4v) is 1.55. The second-order valence-electron chi connectivity index (χ2n) is 3.96. The minimum atomic E-state index is -0.646. The van der Waals surface area contributed by atoms with Crippen LogP contribution in [0, 0.1) is 29.8 Å². The van der Waals surface area contributed by atoms with Gasteiger partial charge in [-0.3, -0.25) is 10.1 Å². The summed E-state index contributed by atoms with van der Waals surface area (Å²) < 4.78 is 18.1. The molecule has 0 saturated heterocycles. The molecule has 0 unspecified atom stereocenters. The van der Waals surface area contributed by atoms with Crippen LogP contribution in [0.5, 0.6) is 0 Å². The van der Waals surface area contributed by atoms with Gasteiger partial charge in [0.05, 0.1) is 17.5 Å². The molecule has 0 aliphatic carbocycles. The number of hydrogen-bond donors (Lipinski definition) is 1. The molecule has 2 rings (SSSR count). The van der Waals surface area contributed by atoms with Crippen molar-refractivity contribution in [3.05, 3.63) is 45.3 Å². The summed E-state index contributed by atoms with van der Waals surface area (Å²) in [6.07, 6.45) is 0. The summed E-state index contributed by atoms with van der Waals surface area (Å²) in [5, 5.41) is 17.3. The molecule has 100 valence electrons. The Morgan fingerprint density at radius 3 is 2.79 bits per heavy atom. The van der Waals surface area contributed by atoms with Gasteiger partial charge in [0.2, 0.25) is 5.89 Å². The van der Waals surface area contributed by atoms with Crippen molar-refractivity contribution < 1.29 is 13.8 Å². The average molecular weight is 266 g/mol. The van der Waals surface area contributed by atoms with Crippen molar-refractivity contribution in [2.24, 2.45) is 0 Å². The summed E-state index contributed by atoms with van der Waals surface area (Å²) in [5.74, 6) is 0.156. The number of nitrogens with one attached hydrogen (secondary N) is 1. The number of benzene rings is 1. The fraction of sp³-hybridized carbons (Fsp3) is 0.273. The molecule has 0 saturated carbocycles. The van der Waals surface area contributed by atoms with E-state index in [9.17, 15) is 14.5 Å². The maximum absolute atomic E-state index is 13.3. The van der Waals surface area contributed by atoms with Crippen LogP contribution in [0.3, 0.4) is 0 Å². The van der Waals surface area contributed by atoms with E-state index in [0.29, 0.717) is 17.3 Å². The number of aromatic nitrogens is 2. The van der Waals surface area contributed by atoms with E-state index >= 15 is 0 Å². The topological polar surface area (TPSA) is 94.1 Å². The zero-order valence-electron chi connectivity index (χ0n) is 10.3. The van der Waals surface area contributed by atoms with Crippen molar-refractivity contribution in [3.63, 3.8) is 0 Å². The number of nitrogens with zero attached hydrogens (tertiary/aromatic N) is 3. The van der Waals surface area contributed by atoms with Gasteiger partial charge < -0.3 is 9.84 Å². The van der Waals surface area contributed by atoms with Crippen molar-refractivity contribution >= 4 is 11.4 Å². The molecule has 1 heterocycles. The van der Waals surface area contributed by atoms with Gasteiger partial charge in [-0.1, -0.05) is 5.16 Å². The van der Waals surface area contributed by atoms with Crippen molar-refractivity contribution in [2.75, 3.05) is 5.32 Å². The molecule has 7 nitrogen and oxygen atoms in total. The lowest BCUT2D eigenvalue weighted by molar-refractivity contribution is -0.384. The largest absolute Gasteiger partial charge is 0.372 e. The zero-order valence-corrected chi connectivity index (χ0v) is 10.3. The maximum atomic E-state index is 13.3. The Morgan fingerprint density at radius 2 is 2.21 bits per heavy atom. The van der Waals surface area contributed by atoms with Crippen LogP contribution in [-0.2, 0) is 6.54 Å². The minimum Gasteiger partial charge on any atom is -0.372 e. The van der Waals surface area contributed by atoms with Gasteiger partial charge in [-0.25, -0.2) is 4.39 Å². The minimum absolute atomic E-state index is 0.156. The highest BCUT2D eigenvalue weighted by Crippen LogP contribution is 2.27. The van der Waals surface area contributed by atoms with Gasteiger partial charge in [0, 0.05) is 6.92 Å². The molecule has 1 aromatic carbocycles. The fourth-order valence-electron chi connectivity index (χ4n) is 1.55. The van der Waals surface area contributed by atoms with Crippen LogP contribution in [0.15, 0.2) is 16.7 Å². The Morgan fingerprint density at radius 1 is 1.47 bits per heavy atom. The summed E-state index contributed by atoms with van der Waals surface area (Å²) >= 11 is 0. The Labute approximate surface area is 107 Å². The first-order chi connectivity index (χ1) is 8.97. The summed E-state index contributed by atoms with van der Waals surface area (Å²) in [6.45, 7) is 3.33. The predicted molar refractivity (Wildman–Crippen MR) is 64.2 cm³/mol. The molecule has 0 aliphatic heterocycles. The van der Waals surface area contributed by atoms with Crippen LogP contribution in [0.2, 0.25) is 0 Å². The number of aryl methyl sites for hydroxylation is 2. The molecule has 0 radical (unpaired) electrons. The number of nitro groups is 1. The average Bonchev–Trinajstić information content (AvgIpc) is 2.76. The molecule has 0 aliphatic rings. The lowest BCUT2D eigenvalue weighted by Crippen LogP contribution is -2.05. The molecule has 8 heteroatoms. The Hall–Kier alpha value is -2.51. The van der Waals surface area contributed by atoms with Crippen molar-refractivity contribution in [1.29, 1.82) is 0 Å². The van der Waals surface area contributed by atoms with E-state index in [2.05, 4.69) is 15.5 Å². The second kappa shape index (κ2) is 5.01. The van der Waals surface area contributed by atoms with Gasteiger partial charge in [-0.05, 0) is 18.6 Å². The lowest BCUT2D eigenvalue weighted by atomic mass is 10.2. The number of hydrogen-bond acceptors (Lipinski definition) is 6. The van der Waals surface area contributed by atoms with Crippen LogP contribution in [0.1, 0.15) is 17.3 Å². The third kappa shape index (κ3) is 2.84. The standard InChI is InChI=1S/C11H11FN4O3/c1-6-3-9(10(16(17)18)4-8(6)12)13-5-11-14-7(2)19-15-11/h3-4,13H,5H2,1-2H3. The molecule has 0 bridgehead atoms. The third-order valence-corrected chi connectivity index (χ3v) is 2.48. The summed E-state index contributed by atoms with van der Waals surface area (Å²) in [7, 11) is 0. The highest BCUT2D eigenvalue weighted by Gasteiger charge is 2.17. The molecular weight excluding hydrogens is 255 g/mol. The number of anilines is 1. The zero-order chi connectivity index (χ0) is 14.0. The van der Waals surface area contributed by atoms with Gasteiger partial charge >= 0.3 is 0 Å². The number of nitro benzene ring substituents is 1. The van der Waals surface area contributed by atoms with Gasteiger partial charge in [0.15, 0.2) is 5.82 Å². The third-order valence-electron chi connectivity index (χ3n) is 2.48. The van der Waals surface area contributed by atoms with Gasteiger partial charge in [0.1, 0.15) is 11.5 Å². The summed E-state index contributed by atoms with van der Waals surface area (Å²) in [5.41, 5.74) is 0.201. The van der Waals surface area contributed by atoms with E-state index in [0.717, 1.165) is 6.07 Å². The highest BCUT2D eigenvalue weighted by atomic mass is 19.1. The first-order valence-corrected chi connectivity index (χ1v) is 5.45. The molecule has 1 N–H and O–H groups in total. The quantitative estimate of drug-likeness (QED) is 0.674. The van der Waals surface area contributed by atoms with E-state index in [-0.39, 0.29) is 17.9 Å². The van der Waals surface area contributed by atoms with Crippen LogP contribution >= 0.6 is 0 Å². The normalized spacial score (nSPS) is 10.5. The second-order valence-corrected chi connectivity index (χ2v) is 3.96. The van der Waals surface area contributed by atoms with E-state index in [1.54, 1.807) is 6.92 Å². The Bertz CT molecular complexity index is 626. The smallest absolute Gasteiger partial charge is 0.295 e. The van der Waals surface area contributed by atoms with Crippen LogP contribution in [0.4, 0.5) is 15.8 Å². The van der Waals surface area contributed by atoms with Crippen LogP contribution in [0.25, 0.3) is 0 Å². The molecule has 1 aromatic heterocycles. The van der Waals surface area contributed by atoms with E-state index in [1.807, 2.05) is 0 Å². The number of rotatable bonds is 4. The Kier molecular flexibility index (Phi) is 3.41. The molecule has 0 atom stereocenters. The molecular formula is C11H11FN4O3. The van der Waals surface area contributed by atoms with Gasteiger partial charge in [-0.15, -0.1) is 0 Å². The highest BCUT2D eigenvalue weighted by molar-refractivity contribution is 5.63. The molecule has 0 spiro atoms. The van der Waals surface area contributed by atoms with E-state index in [4.69, 9.17) is 4.52 Å². The van der Waals surface area contributed by atoms with Crippen LogP contribution in [-0.4, -0.2) is 15.1 Å². The molecule has 0 amide bonds. The predicted octanol–water partition coefficient (Wildman–Crippen LogP) is 2.35. The first kappa shape index (κ1) is 12.9.